The highest BCUT2D eigenvalue weighted by atomic mass is 32.2. The van der Waals surface area contributed by atoms with Crippen molar-refractivity contribution in [3.05, 3.63) is 12.7 Å². The minimum Gasteiger partial charge on any atom is -0.316 e. The van der Waals surface area contributed by atoms with E-state index >= 15 is 0 Å². The quantitative estimate of drug-likeness (QED) is 0.730. The average Bonchev–Trinajstić information content (AvgIpc) is 2.26. The molecule has 1 atom stereocenters. The molecule has 4 nitrogen and oxygen atoms in total. The van der Waals surface area contributed by atoms with Crippen molar-refractivity contribution >= 4 is 10.0 Å². The summed E-state index contributed by atoms with van der Waals surface area (Å²) in [6.45, 7) is 9.66. The first-order chi connectivity index (χ1) is 7.97. The van der Waals surface area contributed by atoms with Crippen molar-refractivity contribution in [3.63, 3.8) is 0 Å². The molecular formula is C12H24N2O2S. The van der Waals surface area contributed by atoms with E-state index in [1.165, 1.54) is 4.31 Å². The molecule has 1 aliphatic heterocycles. The van der Waals surface area contributed by atoms with Crippen LogP contribution in [0.3, 0.4) is 0 Å². The second-order valence-electron chi connectivity index (χ2n) is 4.94. The third-order valence-corrected chi connectivity index (χ3v) is 5.27. The number of nitrogens with zero attached hydrogens (tertiary/aromatic N) is 1. The highest BCUT2D eigenvalue weighted by Gasteiger charge is 2.28. The molecule has 1 fully saturated rings. The third kappa shape index (κ3) is 4.41. The largest absolute Gasteiger partial charge is 0.316 e. The summed E-state index contributed by atoms with van der Waals surface area (Å²) in [5.74, 6) is 0.506. The van der Waals surface area contributed by atoms with Crippen LogP contribution in [0.25, 0.3) is 0 Å². The van der Waals surface area contributed by atoms with Crippen molar-refractivity contribution in [2.24, 2.45) is 5.92 Å². The number of hydrogen-bond acceptors (Lipinski definition) is 3. The van der Waals surface area contributed by atoms with Crippen LogP contribution in [0.1, 0.15) is 26.7 Å². The summed E-state index contributed by atoms with van der Waals surface area (Å²) in [5.41, 5.74) is 0. The summed E-state index contributed by atoms with van der Waals surface area (Å²) < 4.78 is 26.1. The molecular weight excluding hydrogens is 236 g/mol. The molecule has 1 heterocycles. The van der Waals surface area contributed by atoms with Gasteiger partial charge in [0.25, 0.3) is 0 Å². The Morgan fingerprint density at radius 1 is 1.53 bits per heavy atom. The van der Waals surface area contributed by atoms with Gasteiger partial charge in [0.1, 0.15) is 0 Å². The number of sulfonamides is 1. The van der Waals surface area contributed by atoms with E-state index in [1.54, 1.807) is 6.08 Å². The Kier molecular flexibility index (Phi) is 5.62. The lowest BCUT2D eigenvalue weighted by Crippen LogP contribution is -2.42. The normalized spacial score (nSPS) is 22.0. The zero-order valence-electron chi connectivity index (χ0n) is 10.9. The summed E-state index contributed by atoms with van der Waals surface area (Å²) in [7, 11) is -3.16. The fourth-order valence-corrected chi connectivity index (χ4v) is 4.28. The molecule has 17 heavy (non-hydrogen) atoms. The molecule has 1 rings (SSSR count). The van der Waals surface area contributed by atoms with Crippen molar-refractivity contribution in [1.29, 1.82) is 0 Å². The average molecular weight is 260 g/mol. The Labute approximate surface area is 105 Å². The molecule has 0 saturated carbocycles. The first-order valence-electron chi connectivity index (χ1n) is 6.28. The summed E-state index contributed by atoms with van der Waals surface area (Å²) in [6.07, 6.45) is 3.73. The molecule has 0 aliphatic carbocycles. The predicted molar refractivity (Wildman–Crippen MR) is 71.4 cm³/mol. The van der Waals surface area contributed by atoms with Gasteiger partial charge < -0.3 is 5.32 Å². The highest BCUT2D eigenvalue weighted by Crippen LogP contribution is 2.16. The summed E-state index contributed by atoms with van der Waals surface area (Å²) in [5, 5.41) is 3.25. The Bertz CT molecular complexity index is 332. The van der Waals surface area contributed by atoms with E-state index in [-0.39, 0.29) is 17.7 Å². The Morgan fingerprint density at radius 3 is 2.71 bits per heavy atom. The van der Waals surface area contributed by atoms with Gasteiger partial charge in [-0.25, -0.2) is 8.42 Å². The van der Waals surface area contributed by atoms with Crippen LogP contribution in [-0.4, -0.2) is 44.2 Å². The zero-order valence-corrected chi connectivity index (χ0v) is 11.7. The van der Waals surface area contributed by atoms with Crippen LogP contribution in [0.4, 0.5) is 0 Å². The van der Waals surface area contributed by atoms with Gasteiger partial charge in [-0.3, -0.25) is 0 Å². The smallest absolute Gasteiger partial charge is 0.214 e. The molecule has 5 heteroatoms. The summed E-state index contributed by atoms with van der Waals surface area (Å²) in [4.78, 5) is 0. The molecule has 0 aromatic heterocycles. The monoisotopic (exact) mass is 260 g/mol. The van der Waals surface area contributed by atoms with E-state index in [0.29, 0.717) is 6.54 Å². The summed E-state index contributed by atoms with van der Waals surface area (Å²) in [6, 6.07) is -0.00505. The Hall–Kier alpha value is -0.390. The van der Waals surface area contributed by atoms with Gasteiger partial charge >= 0.3 is 0 Å². The maximum Gasteiger partial charge on any atom is 0.214 e. The van der Waals surface area contributed by atoms with Crippen LogP contribution >= 0.6 is 0 Å². The number of hydrogen-bond donors (Lipinski definition) is 1. The van der Waals surface area contributed by atoms with Gasteiger partial charge in [-0.15, -0.1) is 6.58 Å². The van der Waals surface area contributed by atoms with E-state index in [2.05, 4.69) is 11.9 Å². The van der Waals surface area contributed by atoms with Gasteiger partial charge in [-0.1, -0.05) is 6.08 Å². The van der Waals surface area contributed by atoms with Crippen molar-refractivity contribution in [2.45, 2.75) is 32.7 Å². The van der Waals surface area contributed by atoms with E-state index < -0.39 is 10.0 Å². The molecule has 0 radical (unpaired) electrons. The van der Waals surface area contributed by atoms with E-state index in [4.69, 9.17) is 0 Å². The van der Waals surface area contributed by atoms with Crippen LogP contribution in [0.15, 0.2) is 12.7 Å². The predicted octanol–water partition coefficient (Wildman–Crippen LogP) is 1.21. The summed E-state index contributed by atoms with van der Waals surface area (Å²) >= 11 is 0. The molecule has 0 amide bonds. The van der Waals surface area contributed by atoms with E-state index in [1.807, 2.05) is 13.8 Å². The lowest BCUT2D eigenvalue weighted by molar-refractivity contribution is 0.361. The maximum absolute atomic E-state index is 12.3. The van der Waals surface area contributed by atoms with Crippen LogP contribution in [0.5, 0.6) is 0 Å². The highest BCUT2D eigenvalue weighted by molar-refractivity contribution is 7.89. The van der Waals surface area contributed by atoms with Gasteiger partial charge in [0.05, 0.1) is 5.75 Å². The topological polar surface area (TPSA) is 49.4 Å². The lowest BCUT2D eigenvalue weighted by atomic mass is 10.0. The van der Waals surface area contributed by atoms with Crippen molar-refractivity contribution in [1.82, 2.24) is 9.62 Å². The molecule has 1 N–H and O–H groups in total. The van der Waals surface area contributed by atoms with Crippen LogP contribution in [-0.2, 0) is 10.0 Å². The first kappa shape index (κ1) is 14.7. The minimum atomic E-state index is -3.16. The van der Waals surface area contributed by atoms with Crippen molar-refractivity contribution < 1.29 is 8.42 Å². The molecule has 0 aromatic carbocycles. The fourth-order valence-electron chi connectivity index (χ4n) is 2.23. The first-order valence-corrected chi connectivity index (χ1v) is 7.89. The SMILES string of the molecule is C=CCN(C(C)C)S(=O)(=O)CC1CCCNC1. The van der Waals surface area contributed by atoms with Crippen LogP contribution < -0.4 is 5.32 Å². The van der Waals surface area contributed by atoms with E-state index in [9.17, 15) is 8.42 Å². The fraction of sp³-hybridized carbons (Fsp3) is 0.833. The zero-order chi connectivity index (χ0) is 12.9. The van der Waals surface area contributed by atoms with Crippen molar-refractivity contribution in [2.75, 3.05) is 25.4 Å². The van der Waals surface area contributed by atoms with Gasteiger partial charge in [0.15, 0.2) is 0 Å². The van der Waals surface area contributed by atoms with E-state index in [0.717, 1.165) is 25.9 Å². The number of nitrogens with one attached hydrogen (secondary N) is 1. The molecule has 1 unspecified atom stereocenters. The maximum atomic E-state index is 12.3. The van der Waals surface area contributed by atoms with Gasteiger partial charge in [0, 0.05) is 12.6 Å². The molecule has 1 saturated heterocycles. The lowest BCUT2D eigenvalue weighted by Gasteiger charge is -2.28. The number of piperidine rings is 1. The second-order valence-corrected chi connectivity index (χ2v) is 6.91. The molecule has 0 bridgehead atoms. The third-order valence-electron chi connectivity index (χ3n) is 3.09. The molecule has 0 spiro atoms. The van der Waals surface area contributed by atoms with Crippen LogP contribution in [0, 0.1) is 5.92 Å². The van der Waals surface area contributed by atoms with Gasteiger partial charge in [0.2, 0.25) is 10.0 Å². The van der Waals surface area contributed by atoms with Gasteiger partial charge in [-0.05, 0) is 45.7 Å². The standard InChI is InChI=1S/C12H24N2O2S/c1-4-8-14(11(2)3)17(15,16)10-12-6-5-7-13-9-12/h4,11-13H,1,5-10H2,2-3H3. The molecule has 1 aliphatic rings. The molecule has 100 valence electrons. The van der Waals surface area contributed by atoms with Gasteiger partial charge in [-0.2, -0.15) is 4.31 Å². The number of rotatable bonds is 6. The molecule has 0 aromatic rings. The second kappa shape index (κ2) is 6.52. The Balaban J connectivity index is 2.66. The van der Waals surface area contributed by atoms with Crippen molar-refractivity contribution in [3.8, 4) is 0 Å². The minimum absolute atomic E-state index is 0.00505. The van der Waals surface area contributed by atoms with Crippen LogP contribution in [0.2, 0.25) is 0 Å². The Morgan fingerprint density at radius 2 is 2.24 bits per heavy atom.